The Hall–Kier alpha value is -0.0105. The van der Waals surface area contributed by atoms with E-state index in [0.717, 1.165) is 31.6 Å². The van der Waals surface area contributed by atoms with E-state index in [0.29, 0.717) is 5.11 Å². The zero-order valence-electron chi connectivity index (χ0n) is 12.0. The zero-order chi connectivity index (χ0) is 15.9. The molecule has 0 radical (unpaired) electrons. The Kier molecular flexibility index (Phi) is 14.9. The molecule has 1 heterocycles. The standard InChI is InChI=1S/C13H20N4S.2BrH.Cu/c1-3-9-17(10-4-2)13(18)16-15-11-12-7-5-6-8-14-12;;;/h5-8,11H,3-4,9-10H2,1-2H3,(H,16,18);2*1H;/q;;;+2/p-2/b15-11+;;;. The molecule has 1 N–H and O–H groups in total. The molecular weight excluding hydrogens is 468 g/mol. The van der Waals surface area contributed by atoms with Crippen LogP contribution in [0.4, 0.5) is 0 Å². The Morgan fingerprint density at radius 2 is 2.00 bits per heavy atom. The zero-order valence-corrected chi connectivity index (χ0v) is 17.0. The maximum absolute atomic E-state index is 5.30. The van der Waals surface area contributed by atoms with Crippen molar-refractivity contribution >= 4 is 51.8 Å². The predicted molar refractivity (Wildman–Crippen MR) is 97.6 cm³/mol. The van der Waals surface area contributed by atoms with Crippen LogP contribution >= 0.6 is 40.4 Å². The minimum absolute atomic E-state index is 0.672. The Morgan fingerprint density at radius 1 is 1.38 bits per heavy atom. The Morgan fingerprint density at radius 3 is 2.48 bits per heavy atom. The number of rotatable bonds is 6. The van der Waals surface area contributed by atoms with Gasteiger partial charge in [0, 0.05) is 19.3 Å². The van der Waals surface area contributed by atoms with Gasteiger partial charge in [0.1, 0.15) is 0 Å². The van der Waals surface area contributed by atoms with Crippen molar-refractivity contribution in [2.24, 2.45) is 5.10 Å². The predicted octanol–water partition coefficient (Wildman–Crippen LogP) is 4.10. The molecule has 0 amide bonds. The van der Waals surface area contributed by atoms with Crippen LogP contribution < -0.4 is 5.43 Å². The van der Waals surface area contributed by atoms with Crippen molar-refractivity contribution in [2.75, 3.05) is 13.1 Å². The first-order chi connectivity index (χ1) is 10.2. The van der Waals surface area contributed by atoms with Crippen LogP contribution in [0.15, 0.2) is 29.5 Å². The van der Waals surface area contributed by atoms with Crippen LogP contribution in [0.1, 0.15) is 32.4 Å². The quantitative estimate of drug-likeness (QED) is 0.284. The van der Waals surface area contributed by atoms with Crippen molar-refractivity contribution in [3.05, 3.63) is 30.1 Å². The van der Waals surface area contributed by atoms with Crippen molar-refractivity contribution in [1.29, 1.82) is 0 Å². The number of hydrogen-bond acceptors (Lipinski definition) is 3. The third-order valence-electron chi connectivity index (χ3n) is 2.32. The van der Waals surface area contributed by atoms with Crippen LogP contribution in [-0.2, 0) is 11.3 Å². The second kappa shape index (κ2) is 14.9. The molecule has 4 nitrogen and oxygen atoms in total. The summed E-state index contributed by atoms with van der Waals surface area (Å²) in [7, 11) is 0. The average Bonchev–Trinajstić information content (AvgIpc) is 2.49. The molecule has 0 unspecified atom stereocenters. The van der Waals surface area contributed by atoms with Crippen LogP contribution in [0, 0.1) is 0 Å². The first kappa shape index (κ1) is 21.0. The van der Waals surface area contributed by atoms with Gasteiger partial charge in [0.15, 0.2) is 5.11 Å². The molecule has 1 rings (SSSR count). The molecule has 1 aromatic rings. The minimum atomic E-state index is 0.672. The monoisotopic (exact) mass is 485 g/mol. The molecule has 0 bridgehead atoms. The Bertz CT molecular complexity index is 400. The summed E-state index contributed by atoms with van der Waals surface area (Å²) in [6.45, 7) is 6.20. The molecule has 0 fully saturated rings. The van der Waals surface area contributed by atoms with E-state index in [2.05, 4.69) is 62.5 Å². The van der Waals surface area contributed by atoms with E-state index in [9.17, 15) is 0 Å². The Balaban J connectivity index is 0.00000122. The fraction of sp³-hybridized carbons (Fsp3) is 0.462. The SMILES string of the molecule is CCCN(CCC)C(=S)N/N=C/c1ccccn1.[Br][Cu][Br]. The van der Waals surface area contributed by atoms with Crippen LogP contribution in [0.2, 0.25) is 0 Å². The molecular formula is C13H20Br2CuN4S. The fourth-order valence-corrected chi connectivity index (χ4v) is 1.77. The van der Waals surface area contributed by atoms with Gasteiger partial charge in [0.25, 0.3) is 0 Å². The third-order valence-corrected chi connectivity index (χ3v) is 2.67. The van der Waals surface area contributed by atoms with Crippen LogP contribution in [0.25, 0.3) is 0 Å². The molecule has 0 aromatic carbocycles. The summed E-state index contributed by atoms with van der Waals surface area (Å²) in [6.07, 6.45) is 5.56. The van der Waals surface area contributed by atoms with Gasteiger partial charge in [-0.3, -0.25) is 10.4 Å². The Labute approximate surface area is 152 Å². The summed E-state index contributed by atoms with van der Waals surface area (Å²) >= 11 is 12.7. The van der Waals surface area contributed by atoms with Gasteiger partial charge >= 0.3 is 39.6 Å². The summed E-state index contributed by atoms with van der Waals surface area (Å²) in [5, 5.41) is 4.78. The number of aromatic nitrogens is 1. The summed E-state index contributed by atoms with van der Waals surface area (Å²) in [4.78, 5) is 6.28. The van der Waals surface area contributed by atoms with Crippen molar-refractivity contribution in [3.8, 4) is 0 Å². The van der Waals surface area contributed by atoms with Gasteiger partial charge in [-0.15, -0.1) is 0 Å². The number of nitrogens with zero attached hydrogens (tertiary/aromatic N) is 3. The number of nitrogens with one attached hydrogen (secondary N) is 1. The molecule has 8 heteroatoms. The number of halogens is 2. The van der Waals surface area contributed by atoms with Gasteiger partial charge in [-0.25, -0.2) is 0 Å². The molecule has 0 aliphatic carbocycles. The number of hydrazone groups is 1. The molecule has 0 aliphatic heterocycles. The van der Waals surface area contributed by atoms with E-state index in [4.69, 9.17) is 12.2 Å². The van der Waals surface area contributed by atoms with Gasteiger partial charge in [-0.1, -0.05) is 19.9 Å². The first-order valence-corrected chi connectivity index (χ1v) is 11.6. The molecule has 0 atom stereocenters. The molecule has 0 spiro atoms. The van der Waals surface area contributed by atoms with E-state index < -0.39 is 0 Å². The van der Waals surface area contributed by atoms with Crippen molar-refractivity contribution in [1.82, 2.24) is 15.3 Å². The summed E-state index contributed by atoms with van der Waals surface area (Å²) in [5.74, 6) is 0. The van der Waals surface area contributed by atoms with E-state index in [-0.39, 0.29) is 0 Å². The van der Waals surface area contributed by atoms with E-state index in [1.165, 1.54) is 11.3 Å². The van der Waals surface area contributed by atoms with E-state index >= 15 is 0 Å². The average molecular weight is 488 g/mol. The topological polar surface area (TPSA) is 40.5 Å². The molecule has 123 valence electrons. The maximum atomic E-state index is 5.30. The fourth-order valence-electron chi connectivity index (χ4n) is 1.53. The number of thiocarbonyl (C=S) groups is 1. The number of pyridine rings is 1. The van der Waals surface area contributed by atoms with Crippen LogP contribution in [0.5, 0.6) is 0 Å². The molecule has 21 heavy (non-hydrogen) atoms. The van der Waals surface area contributed by atoms with Crippen LogP contribution in [-0.4, -0.2) is 34.3 Å². The van der Waals surface area contributed by atoms with Crippen molar-refractivity contribution < 1.29 is 11.3 Å². The van der Waals surface area contributed by atoms with Gasteiger partial charge in [0.2, 0.25) is 0 Å². The van der Waals surface area contributed by atoms with Gasteiger partial charge in [-0.05, 0) is 37.2 Å². The second-order valence-corrected chi connectivity index (χ2v) is 9.10. The third kappa shape index (κ3) is 11.2. The molecule has 0 aliphatic rings. The summed E-state index contributed by atoms with van der Waals surface area (Å²) < 4.78 is 0. The van der Waals surface area contributed by atoms with Crippen molar-refractivity contribution in [2.45, 2.75) is 26.7 Å². The van der Waals surface area contributed by atoms with E-state index in [1.807, 2.05) is 18.2 Å². The van der Waals surface area contributed by atoms with Gasteiger partial charge < -0.3 is 4.90 Å². The molecule has 0 saturated heterocycles. The van der Waals surface area contributed by atoms with Crippen LogP contribution in [0.3, 0.4) is 0 Å². The van der Waals surface area contributed by atoms with Crippen molar-refractivity contribution in [3.63, 3.8) is 0 Å². The van der Waals surface area contributed by atoms with E-state index in [1.54, 1.807) is 12.4 Å². The number of hydrogen-bond donors (Lipinski definition) is 1. The molecule has 0 saturated carbocycles. The van der Waals surface area contributed by atoms with Gasteiger partial charge in [-0.2, -0.15) is 5.10 Å². The molecule has 1 aromatic heterocycles. The summed E-state index contributed by atoms with van der Waals surface area (Å²) in [6, 6.07) is 5.69. The van der Waals surface area contributed by atoms with Gasteiger partial charge in [0.05, 0.1) is 11.9 Å². The first-order valence-electron chi connectivity index (χ1n) is 6.49. The summed E-state index contributed by atoms with van der Waals surface area (Å²) in [5.41, 5.74) is 3.70. The second-order valence-electron chi connectivity index (χ2n) is 3.96. The normalized spacial score (nSPS) is 10.1.